The summed E-state index contributed by atoms with van der Waals surface area (Å²) >= 11 is 0. The molecule has 1 aliphatic rings. The van der Waals surface area contributed by atoms with Crippen LogP contribution < -0.4 is 5.32 Å². The number of hydrogen-bond acceptors (Lipinski definition) is 3. The van der Waals surface area contributed by atoms with Crippen molar-refractivity contribution in [1.82, 2.24) is 4.90 Å². The van der Waals surface area contributed by atoms with Crippen molar-refractivity contribution in [3.05, 3.63) is 71.0 Å². The SMILES string of the molecule is Cc1c(F)cccc1Nc1ccc(C(=O)N2CCOCC2)c2c(C)cccc12. The van der Waals surface area contributed by atoms with Gasteiger partial charge in [-0.05, 0) is 49.1 Å². The minimum Gasteiger partial charge on any atom is -0.378 e. The van der Waals surface area contributed by atoms with Crippen LogP contribution >= 0.6 is 0 Å². The van der Waals surface area contributed by atoms with E-state index in [1.165, 1.54) is 6.07 Å². The third-order valence-corrected chi connectivity index (χ3v) is 5.31. The van der Waals surface area contributed by atoms with Crippen molar-refractivity contribution in [2.24, 2.45) is 0 Å². The van der Waals surface area contributed by atoms with Crippen LogP contribution in [0.3, 0.4) is 0 Å². The quantitative estimate of drug-likeness (QED) is 0.711. The molecule has 3 aromatic carbocycles. The summed E-state index contributed by atoms with van der Waals surface area (Å²) in [5.74, 6) is -0.222. The van der Waals surface area contributed by atoms with Crippen molar-refractivity contribution in [3.8, 4) is 0 Å². The molecule has 1 heterocycles. The Morgan fingerprint density at radius 2 is 1.75 bits per heavy atom. The maximum Gasteiger partial charge on any atom is 0.254 e. The van der Waals surface area contributed by atoms with E-state index in [1.54, 1.807) is 13.0 Å². The Balaban J connectivity index is 1.79. The molecule has 0 bridgehead atoms. The Morgan fingerprint density at radius 3 is 2.54 bits per heavy atom. The number of ether oxygens (including phenoxy) is 1. The Labute approximate surface area is 163 Å². The molecule has 0 saturated carbocycles. The summed E-state index contributed by atoms with van der Waals surface area (Å²) in [4.78, 5) is 15.0. The van der Waals surface area contributed by atoms with E-state index >= 15 is 0 Å². The molecule has 1 N–H and O–H groups in total. The molecule has 144 valence electrons. The highest BCUT2D eigenvalue weighted by Crippen LogP contribution is 2.33. The van der Waals surface area contributed by atoms with E-state index in [2.05, 4.69) is 5.32 Å². The molecule has 1 amide bonds. The number of benzene rings is 3. The molecule has 3 aromatic rings. The van der Waals surface area contributed by atoms with Gasteiger partial charge < -0.3 is 15.0 Å². The van der Waals surface area contributed by atoms with Gasteiger partial charge in [0.2, 0.25) is 0 Å². The van der Waals surface area contributed by atoms with Gasteiger partial charge in [-0.3, -0.25) is 4.79 Å². The highest BCUT2D eigenvalue weighted by molar-refractivity contribution is 6.12. The van der Waals surface area contributed by atoms with Crippen LogP contribution in [0.5, 0.6) is 0 Å². The molecule has 0 unspecified atom stereocenters. The number of nitrogens with zero attached hydrogens (tertiary/aromatic N) is 1. The number of rotatable bonds is 3. The van der Waals surface area contributed by atoms with E-state index < -0.39 is 0 Å². The summed E-state index contributed by atoms with van der Waals surface area (Å²) in [6, 6.07) is 14.7. The normalized spacial score (nSPS) is 14.3. The standard InChI is InChI=1S/C23H23FN2O2/c1-15-5-3-6-17-21(25-20-8-4-7-19(24)16(20)2)10-9-18(22(15)17)23(27)26-11-13-28-14-12-26/h3-10,25H,11-14H2,1-2H3. The monoisotopic (exact) mass is 378 g/mol. The summed E-state index contributed by atoms with van der Waals surface area (Å²) in [6.45, 7) is 6.11. The van der Waals surface area contributed by atoms with E-state index in [0.29, 0.717) is 37.4 Å². The van der Waals surface area contributed by atoms with Gasteiger partial charge in [-0.15, -0.1) is 0 Å². The number of carbonyl (C=O) groups is 1. The first-order chi connectivity index (χ1) is 13.6. The summed E-state index contributed by atoms with van der Waals surface area (Å²) in [6.07, 6.45) is 0. The van der Waals surface area contributed by atoms with Crippen molar-refractivity contribution in [2.45, 2.75) is 13.8 Å². The second kappa shape index (κ2) is 7.60. The minimum atomic E-state index is -0.246. The van der Waals surface area contributed by atoms with Crippen LogP contribution in [0.25, 0.3) is 10.8 Å². The number of carbonyl (C=O) groups excluding carboxylic acids is 1. The highest BCUT2D eigenvalue weighted by atomic mass is 19.1. The Bertz CT molecular complexity index is 1040. The van der Waals surface area contributed by atoms with Gasteiger partial charge in [0.05, 0.1) is 13.2 Å². The smallest absolute Gasteiger partial charge is 0.254 e. The fraction of sp³-hybridized carbons (Fsp3) is 0.261. The van der Waals surface area contributed by atoms with Gasteiger partial charge in [0.15, 0.2) is 0 Å². The summed E-state index contributed by atoms with van der Waals surface area (Å²) < 4.78 is 19.3. The number of hydrogen-bond donors (Lipinski definition) is 1. The van der Waals surface area contributed by atoms with Crippen LogP contribution in [0.4, 0.5) is 15.8 Å². The lowest BCUT2D eigenvalue weighted by molar-refractivity contribution is 0.0304. The molecule has 1 saturated heterocycles. The third kappa shape index (κ3) is 3.34. The van der Waals surface area contributed by atoms with E-state index in [-0.39, 0.29) is 11.7 Å². The highest BCUT2D eigenvalue weighted by Gasteiger charge is 2.22. The molecule has 1 aliphatic heterocycles. The van der Waals surface area contributed by atoms with E-state index in [1.807, 2.05) is 48.2 Å². The fourth-order valence-electron chi connectivity index (χ4n) is 3.70. The molecule has 0 atom stereocenters. The van der Waals surface area contributed by atoms with Gasteiger partial charge >= 0.3 is 0 Å². The van der Waals surface area contributed by atoms with Gasteiger partial charge in [-0.25, -0.2) is 4.39 Å². The Kier molecular flexibility index (Phi) is 5.01. The van der Waals surface area contributed by atoms with E-state index in [9.17, 15) is 9.18 Å². The summed E-state index contributed by atoms with van der Waals surface area (Å²) in [5.41, 5.74) is 3.86. The van der Waals surface area contributed by atoms with Crippen molar-refractivity contribution >= 4 is 28.1 Å². The number of aryl methyl sites for hydroxylation is 1. The first kappa shape index (κ1) is 18.4. The molecule has 0 spiro atoms. The first-order valence-corrected chi connectivity index (χ1v) is 9.48. The van der Waals surface area contributed by atoms with Gasteiger partial charge in [-0.2, -0.15) is 0 Å². The summed E-state index contributed by atoms with van der Waals surface area (Å²) in [7, 11) is 0. The molecule has 28 heavy (non-hydrogen) atoms. The third-order valence-electron chi connectivity index (χ3n) is 5.31. The first-order valence-electron chi connectivity index (χ1n) is 9.48. The van der Waals surface area contributed by atoms with Crippen LogP contribution in [-0.2, 0) is 4.74 Å². The molecule has 0 aromatic heterocycles. The number of nitrogens with one attached hydrogen (secondary N) is 1. The lowest BCUT2D eigenvalue weighted by Gasteiger charge is -2.27. The predicted molar refractivity (Wildman–Crippen MR) is 110 cm³/mol. The summed E-state index contributed by atoms with van der Waals surface area (Å²) in [5, 5.41) is 5.22. The van der Waals surface area contributed by atoms with E-state index in [4.69, 9.17) is 4.74 Å². The van der Waals surface area contributed by atoms with Crippen molar-refractivity contribution in [2.75, 3.05) is 31.6 Å². The van der Waals surface area contributed by atoms with Gasteiger partial charge in [0, 0.05) is 41.0 Å². The maximum atomic E-state index is 13.9. The lowest BCUT2D eigenvalue weighted by atomic mass is 9.97. The zero-order chi connectivity index (χ0) is 19.7. The topological polar surface area (TPSA) is 41.6 Å². The average Bonchev–Trinajstić information content (AvgIpc) is 2.72. The zero-order valence-corrected chi connectivity index (χ0v) is 16.1. The molecule has 1 fully saturated rings. The molecule has 0 aliphatic carbocycles. The Hall–Kier alpha value is -2.92. The minimum absolute atomic E-state index is 0.0242. The van der Waals surface area contributed by atoms with Gasteiger partial charge in [-0.1, -0.05) is 24.3 Å². The van der Waals surface area contributed by atoms with Crippen molar-refractivity contribution in [1.29, 1.82) is 0 Å². The number of morpholine rings is 1. The number of amides is 1. The van der Waals surface area contributed by atoms with E-state index in [0.717, 1.165) is 27.7 Å². The number of anilines is 2. The lowest BCUT2D eigenvalue weighted by Crippen LogP contribution is -2.40. The van der Waals surface area contributed by atoms with Gasteiger partial charge in [0.1, 0.15) is 5.82 Å². The van der Waals surface area contributed by atoms with Crippen LogP contribution in [0.2, 0.25) is 0 Å². The van der Waals surface area contributed by atoms with Crippen LogP contribution in [0.15, 0.2) is 48.5 Å². The zero-order valence-electron chi connectivity index (χ0n) is 16.1. The number of halogens is 1. The maximum absolute atomic E-state index is 13.9. The molecular formula is C23H23FN2O2. The van der Waals surface area contributed by atoms with Crippen LogP contribution in [0.1, 0.15) is 21.5 Å². The predicted octanol–water partition coefficient (Wildman–Crippen LogP) is 4.81. The van der Waals surface area contributed by atoms with Crippen LogP contribution in [0, 0.1) is 19.7 Å². The molecule has 4 rings (SSSR count). The molecule has 5 heteroatoms. The second-order valence-electron chi connectivity index (χ2n) is 7.10. The molecule has 0 radical (unpaired) electrons. The number of fused-ring (bicyclic) bond motifs is 1. The van der Waals surface area contributed by atoms with Crippen molar-refractivity contribution in [3.63, 3.8) is 0 Å². The Morgan fingerprint density at radius 1 is 1.00 bits per heavy atom. The largest absolute Gasteiger partial charge is 0.378 e. The van der Waals surface area contributed by atoms with Crippen LogP contribution in [-0.4, -0.2) is 37.1 Å². The second-order valence-corrected chi connectivity index (χ2v) is 7.10. The van der Waals surface area contributed by atoms with Crippen molar-refractivity contribution < 1.29 is 13.9 Å². The molecular weight excluding hydrogens is 355 g/mol. The molecule has 4 nitrogen and oxygen atoms in total. The average molecular weight is 378 g/mol. The fourth-order valence-corrected chi connectivity index (χ4v) is 3.70. The van der Waals surface area contributed by atoms with Gasteiger partial charge in [0.25, 0.3) is 5.91 Å².